The Morgan fingerprint density at radius 1 is 1.33 bits per heavy atom. The molecule has 1 aromatic rings. The molecule has 1 aliphatic rings. The van der Waals surface area contributed by atoms with Gasteiger partial charge in [0, 0.05) is 12.0 Å². The van der Waals surface area contributed by atoms with Crippen LogP contribution in [0.4, 0.5) is 0 Å². The van der Waals surface area contributed by atoms with Crippen LogP contribution in [0.5, 0.6) is 11.5 Å². The zero-order chi connectivity index (χ0) is 13.4. The Labute approximate surface area is 109 Å². The third-order valence-corrected chi connectivity index (χ3v) is 3.20. The van der Waals surface area contributed by atoms with E-state index in [0.717, 1.165) is 29.9 Å². The monoisotopic (exact) mass is 249 g/mol. The van der Waals surface area contributed by atoms with Crippen LogP contribution in [0.1, 0.15) is 46.1 Å². The standard InChI is InChI=1S/C15H23NO2/c1-5-9-17-11-7-6-8-12-13(11)15(4,16)10-14(2,3)18-12/h6-8H,5,9-10,16H2,1-4H3. The van der Waals surface area contributed by atoms with E-state index in [1.54, 1.807) is 0 Å². The predicted octanol–water partition coefficient (Wildman–Crippen LogP) is 3.21. The lowest BCUT2D eigenvalue weighted by Crippen LogP contribution is -2.47. The Bertz CT molecular complexity index is 438. The molecule has 2 rings (SSSR count). The molecule has 18 heavy (non-hydrogen) atoms. The van der Waals surface area contributed by atoms with Crippen molar-refractivity contribution in [2.24, 2.45) is 5.73 Å². The van der Waals surface area contributed by atoms with Gasteiger partial charge >= 0.3 is 0 Å². The van der Waals surface area contributed by atoms with E-state index >= 15 is 0 Å². The minimum atomic E-state index is -0.415. The second kappa shape index (κ2) is 4.47. The van der Waals surface area contributed by atoms with Gasteiger partial charge in [0.2, 0.25) is 0 Å². The van der Waals surface area contributed by atoms with Crippen molar-refractivity contribution in [2.75, 3.05) is 6.61 Å². The van der Waals surface area contributed by atoms with E-state index in [2.05, 4.69) is 27.7 Å². The molecular weight excluding hydrogens is 226 g/mol. The highest BCUT2D eigenvalue weighted by atomic mass is 16.5. The van der Waals surface area contributed by atoms with E-state index in [4.69, 9.17) is 15.2 Å². The molecule has 0 radical (unpaired) electrons. The lowest BCUT2D eigenvalue weighted by atomic mass is 9.79. The van der Waals surface area contributed by atoms with Crippen LogP contribution >= 0.6 is 0 Å². The molecule has 1 atom stereocenters. The maximum Gasteiger partial charge on any atom is 0.128 e. The van der Waals surface area contributed by atoms with Gasteiger partial charge in [0.25, 0.3) is 0 Å². The maximum absolute atomic E-state index is 6.48. The SMILES string of the molecule is CCCOc1cccc2c1C(C)(N)CC(C)(C)O2. The lowest BCUT2D eigenvalue weighted by molar-refractivity contribution is 0.0484. The summed E-state index contributed by atoms with van der Waals surface area (Å²) in [5.74, 6) is 1.71. The molecule has 0 bridgehead atoms. The van der Waals surface area contributed by atoms with Gasteiger partial charge in [0.15, 0.2) is 0 Å². The predicted molar refractivity (Wildman–Crippen MR) is 73.1 cm³/mol. The molecule has 0 aromatic heterocycles. The van der Waals surface area contributed by atoms with E-state index in [0.29, 0.717) is 6.61 Å². The van der Waals surface area contributed by atoms with Crippen molar-refractivity contribution >= 4 is 0 Å². The summed E-state index contributed by atoms with van der Waals surface area (Å²) in [6, 6.07) is 5.91. The van der Waals surface area contributed by atoms with Crippen LogP contribution in [0, 0.1) is 0 Å². The number of ether oxygens (including phenoxy) is 2. The molecule has 1 aromatic carbocycles. The summed E-state index contributed by atoms with van der Waals surface area (Å²) in [5.41, 5.74) is 6.82. The number of fused-ring (bicyclic) bond motifs is 1. The Hall–Kier alpha value is -1.22. The molecule has 100 valence electrons. The quantitative estimate of drug-likeness (QED) is 0.894. The second-order valence-corrected chi connectivity index (χ2v) is 5.93. The summed E-state index contributed by atoms with van der Waals surface area (Å²) in [4.78, 5) is 0. The van der Waals surface area contributed by atoms with E-state index in [9.17, 15) is 0 Å². The van der Waals surface area contributed by atoms with Crippen molar-refractivity contribution in [3.05, 3.63) is 23.8 Å². The molecule has 0 fully saturated rings. The van der Waals surface area contributed by atoms with E-state index in [1.165, 1.54) is 0 Å². The maximum atomic E-state index is 6.48. The summed E-state index contributed by atoms with van der Waals surface area (Å²) >= 11 is 0. The van der Waals surface area contributed by atoms with E-state index < -0.39 is 5.54 Å². The van der Waals surface area contributed by atoms with Crippen molar-refractivity contribution in [3.63, 3.8) is 0 Å². The van der Waals surface area contributed by atoms with Crippen molar-refractivity contribution in [2.45, 2.75) is 51.7 Å². The number of hydrogen-bond donors (Lipinski definition) is 1. The second-order valence-electron chi connectivity index (χ2n) is 5.93. The molecular formula is C15H23NO2. The fourth-order valence-electron chi connectivity index (χ4n) is 2.80. The fraction of sp³-hybridized carbons (Fsp3) is 0.600. The summed E-state index contributed by atoms with van der Waals surface area (Å²) in [5, 5.41) is 0. The molecule has 0 amide bonds. The number of hydrogen-bond acceptors (Lipinski definition) is 3. The molecule has 3 heteroatoms. The van der Waals surface area contributed by atoms with Crippen LogP contribution in [0.15, 0.2) is 18.2 Å². The van der Waals surface area contributed by atoms with Gasteiger partial charge in [-0.15, -0.1) is 0 Å². The van der Waals surface area contributed by atoms with Gasteiger partial charge in [-0.05, 0) is 39.3 Å². The highest BCUT2D eigenvalue weighted by Crippen LogP contribution is 2.46. The molecule has 3 nitrogen and oxygen atoms in total. The van der Waals surface area contributed by atoms with Gasteiger partial charge in [-0.3, -0.25) is 0 Å². The van der Waals surface area contributed by atoms with Gasteiger partial charge in [-0.25, -0.2) is 0 Å². The largest absolute Gasteiger partial charge is 0.493 e. The van der Waals surface area contributed by atoms with E-state index in [-0.39, 0.29) is 5.60 Å². The first-order valence-electron chi connectivity index (χ1n) is 6.60. The van der Waals surface area contributed by atoms with Crippen LogP contribution in [-0.2, 0) is 5.54 Å². The average Bonchev–Trinajstić information content (AvgIpc) is 2.22. The molecule has 1 aliphatic heterocycles. The first kappa shape index (κ1) is 13.2. The Morgan fingerprint density at radius 2 is 2.06 bits per heavy atom. The Morgan fingerprint density at radius 3 is 2.72 bits per heavy atom. The molecule has 2 N–H and O–H groups in total. The van der Waals surface area contributed by atoms with Crippen molar-refractivity contribution < 1.29 is 9.47 Å². The first-order chi connectivity index (χ1) is 8.36. The fourth-order valence-corrected chi connectivity index (χ4v) is 2.80. The Kier molecular flexibility index (Phi) is 3.28. The topological polar surface area (TPSA) is 44.5 Å². The van der Waals surface area contributed by atoms with Crippen molar-refractivity contribution in [3.8, 4) is 11.5 Å². The smallest absolute Gasteiger partial charge is 0.128 e. The molecule has 0 spiro atoms. The lowest BCUT2D eigenvalue weighted by Gasteiger charge is -2.42. The Balaban J connectivity index is 2.45. The number of rotatable bonds is 3. The third-order valence-electron chi connectivity index (χ3n) is 3.20. The molecule has 0 aliphatic carbocycles. The molecule has 0 saturated carbocycles. The van der Waals surface area contributed by atoms with Crippen LogP contribution in [0.3, 0.4) is 0 Å². The van der Waals surface area contributed by atoms with Gasteiger partial charge < -0.3 is 15.2 Å². The van der Waals surface area contributed by atoms with Crippen LogP contribution in [0.25, 0.3) is 0 Å². The zero-order valence-corrected chi connectivity index (χ0v) is 11.7. The molecule has 1 heterocycles. The summed E-state index contributed by atoms with van der Waals surface area (Å²) in [6.07, 6.45) is 1.76. The minimum Gasteiger partial charge on any atom is -0.493 e. The number of nitrogens with two attached hydrogens (primary N) is 1. The summed E-state index contributed by atoms with van der Waals surface area (Å²) in [6.45, 7) is 8.99. The zero-order valence-electron chi connectivity index (χ0n) is 11.7. The molecule has 1 unspecified atom stereocenters. The van der Waals surface area contributed by atoms with Crippen LogP contribution < -0.4 is 15.2 Å². The first-order valence-corrected chi connectivity index (χ1v) is 6.60. The average molecular weight is 249 g/mol. The summed E-state index contributed by atoms with van der Waals surface area (Å²) < 4.78 is 11.8. The van der Waals surface area contributed by atoms with Crippen LogP contribution in [-0.4, -0.2) is 12.2 Å². The van der Waals surface area contributed by atoms with Crippen LogP contribution in [0.2, 0.25) is 0 Å². The summed E-state index contributed by atoms with van der Waals surface area (Å²) in [7, 11) is 0. The van der Waals surface area contributed by atoms with Gasteiger partial charge in [0.05, 0.1) is 12.2 Å². The minimum absolute atomic E-state index is 0.236. The van der Waals surface area contributed by atoms with Gasteiger partial charge in [-0.1, -0.05) is 13.0 Å². The highest BCUT2D eigenvalue weighted by Gasteiger charge is 2.41. The van der Waals surface area contributed by atoms with Gasteiger partial charge in [0.1, 0.15) is 17.1 Å². The highest BCUT2D eigenvalue weighted by molar-refractivity contribution is 5.51. The van der Waals surface area contributed by atoms with E-state index in [1.807, 2.05) is 18.2 Å². The van der Waals surface area contributed by atoms with Gasteiger partial charge in [-0.2, -0.15) is 0 Å². The normalized spacial score (nSPS) is 25.2. The molecule has 0 saturated heterocycles. The third kappa shape index (κ3) is 2.46. The number of benzene rings is 1. The van der Waals surface area contributed by atoms with Crippen molar-refractivity contribution in [1.82, 2.24) is 0 Å². The van der Waals surface area contributed by atoms with Crippen molar-refractivity contribution in [1.29, 1.82) is 0 Å².